The van der Waals surface area contributed by atoms with Gasteiger partial charge in [-0.15, -0.1) is 0 Å². The van der Waals surface area contributed by atoms with E-state index >= 15 is 0 Å². The molecule has 0 fully saturated rings. The highest BCUT2D eigenvalue weighted by molar-refractivity contribution is 6.02. The summed E-state index contributed by atoms with van der Waals surface area (Å²) in [7, 11) is 1.68. The molecule has 0 aromatic heterocycles. The van der Waals surface area contributed by atoms with E-state index in [0.29, 0.717) is 12.1 Å². The van der Waals surface area contributed by atoms with Gasteiger partial charge < -0.3 is 4.90 Å². The minimum absolute atomic E-state index is 0.151. The molecule has 1 rings (SSSR count). The van der Waals surface area contributed by atoms with E-state index in [1.165, 1.54) is 4.90 Å². The average molecular weight is 204 g/mol. The molecule has 0 unspecified atom stereocenters. The van der Waals surface area contributed by atoms with Crippen LogP contribution in [0, 0.1) is 11.3 Å². The van der Waals surface area contributed by atoms with E-state index in [2.05, 4.69) is 13.2 Å². The number of carbonyl (C=O) groups is 1. The molecule has 0 aromatic carbocycles. The van der Waals surface area contributed by atoms with Gasteiger partial charge in [-0.05, 0) is 5.57 Å². The molecular formula is C12H16N2O. The first-order valence-corrected chi connectivity index (χ1v) is 4.82. The average Bonchev–Trinajstić information content (AvgIpc) is 2.57. The van der Waals surface area contributed by atoms with Crippen molar-refractivity contribution in [2.24, 2.45) is 0 Å². The number of rotatable bonds is 2. The minimum Gasteiger partial charge on any atom is -0.337 e. The van der Waals surface area contributed by atoms with Crippen molar-refractivity contribution in [2.75, 3.05) is 13.6 Å². The van der Waals surface area contributed by atoms with Crippen LogP contribution in [0.25, 0.3) is 0 Å². The molecule has 0 saturated heterocycles. The van der Waals surface area contributed by atoms with Crippen LogP contribution in [0.1, 0.15) is 13.8 Å². The Kier molecular flexibility index (Phi) is 5.11. The second-order valence-electron chi connectivity index (χ2n) is 2.86. The van der Waals surface area contributed by atoms with Crippen molar-refractivity contribution in [1.29, 1.82) is 5.26 Å². The summed E-state index contributed by atoms with van der Waals surface area (Å²) < 4.78 is 0. The SMILES string of the molecule is C=CC1=C(C(=C)C#N)C(=O)N(C)C1.CC. The summed E-state index contributed by atoms with van der Waals surface area (Å²) in [5.74, 6) is -0.151. The molecule has 80 valence electrons. The normalized spacial score (nSPS) is 14.3. The van der Waals surface area contributed by atoms with Crippen molar-refractivity contribution in [3.8, 4) is 6.07 Å². The maximum absolute atomic E-state index is 11.5. The van der Waals surface area contributed by atoms with E-state index in [1.54, 1.807) is 13.1 Å². The molecule has 0 aromatic rings. The molecule has 0 aliphatic carbocycles. The Morgan fingerprint density at radius 1 is 1.60 bits per heavy atom. The summed E-state index contributed by atoms with van der Waals surface area (Å²) in [6, 6.07) is 1.87. The summed E-state index contributed by atoms with van der Waals surface area (Å²) in [5.41, 5.74) is 1.39. The van der Waals surface area contributed by atoms with Crippen molar-refractivity contribution < 1.29 is 4.79 Å². The lowest BCUT2D eigenvalue weighted by atomic mass is 10.0. The second-order valence-corrected chi connectivity index (χ2v) is 2.86. The van der Waals surface area contributed by atoms with Gasteiger partial charge in [-0.1, -0.05) is 33.1 Å². The molecule has 0 saturated carbocycles. The standard InChI is InChI=1S/C10H10N2O.C2H6/c1-4-8-6-12(3)10(13)9(8)7(2)5-11;1-2/h4H,1-2,6H2,3H3;1-2H3. The molecule has 1 heterocycles. The topological polar surface area (TPSA) is 44.1 Å². The van der Waals surface area contributed by atoms with E-state index < -0.39 is 0 Å². The summed E-state index contributed by atoms with van der Waals surface area (Å²) in [4.78, 5) is 13.0. The zero-order valence-corrected chi connectivity index (χ0v) is 9.50. The lowest BCUT2D eigenvalue weighted by Crippen LogP contribution is -2.22. The molecule has 0 atom stereocenters. The highest BCUT2D eigenvalue weighted by Crippen LogP contribution is 2.23. The minimum atomic E-state index is -0.151. The number of carbonyl (C=O) groups excluding carboxylic acids is 1. The zero-order valence-electron chi connectivity index (χ0n) is 9.50. The number of nitriles is 1. The Hall–Kier alpha value is -1.82. The van der Waals surface area contributed by atoms with Crippen molar-refractivity contribution in [3.63, 3.8) is 0 Å². The monoisotopic (exact) mass is 204 g/mol. The van der Waals surface area contributed by atoms with Crippen LogP contribution >= 0.6 is 0 Å². The second kappa shape index (κ2) is 5.82. The first kappa shape index (κ1) is 13.2. The fourth-order valence-electron chi connectivity index (χ4n) is 1.28. The quantitative estimate of drug-likeness (QED) is 0.646. The van der Waals surface area contributed by atoms with Crippen LogP contribution in [0.2, 0.25) is 0 Å². The van der Waals surface area contributed by atoms with Crippen LogP contribution in [0.3, 0.4) is 0 Å². The van der Waals surface area contributed by atoms with E-state index in [-0.39, 0.29) is 11.5 Å². The molecule has 0 N–H and O–H groups in total. The van der Waals surface area contributed by atoms with Crippen LogP contribution in [-0.4, -0.2) is 24.4 Å². The fourth-order valence-corrected chi connectivity index (χ4v) is 1.28. The summed E-state index contributed by atoms with van der Waals surface area (Å²) in [5, 5.41) is 8.62. The summed E-state index contributed by atoms with van der Waals surface area (Å²) >= 11 is 0. The summed E-state index contributed by atoms with van der Waals surface area (Å²) in [6.45, 7) is 11.6. The third-order valence-corrected chi connectivity index (χ3v) is 1.97. The predicted molar refractivity (Wildman–Crippen MR) is 61.0 cm³/mol. The van der Waals surface area contributed by atoms with E-state index in [9.17, 15) is 4.79 Å². The lowest BCUT2D eigenvalue weighted by Gasteiger charge is -2.06. The third-order valence-electron chi connectivity index (χ3n) is 1.97. The molecule has 0 spiro atoms. The molecule has 0 bridgehead atoms. The Morgan fingerprint density at radius 2 is 2.13 bits per heavy atom. The highest BCUT2D eigenvalue weighted by Gasteiger charge is 2.27. The zero-order chi connectivity index (χ0) is 12.0. The Bertz CT molecular complexity index is 358. The maximum Gasteiger partial charge on any atom is 0.255 e. The number of nitrogens with zero attached hydrogens (tertiary/aromatic N) is 2. The Labute approximate surface area is 91.0 Å². The van der Waals surface area contributed by atoms with Gasteiger partial charge in [-0.3, -0.25) is 4.79 Å². The number of hydrogen-bond donors (Lipinski definition) is 0. The first-order valence-electron chi connectivity index (χ1n) is 4.82. The highest BCUT2D eigenvalue weighted by atomic mass is 16.2. The van der Waals surface area contributed by atoms with Gasteiger partial charge in [0, 0.05) is 13.6 Å². The van der Waals surface area contributed by atoms with Gasteiger partial charge in [0.25, 0.3) is 5.91 Å². The molecule has 3 heteroatoms. The Balaban J connectivity index is 0.000000921. The third kappa shape index (κ3) is 2.57. The van der Waals surface area contributed by atoms with Crippen LogP contribution in [-0.2, 0) is 4.79 Å². The largest absolute Gasteiger partial charge is 0.337 e. The van der Waals surface area contributed by atoms with Crippen LogP contribution in [0.4, 0.5) is 0 Å². The smallest absolute Gasteiger partial charge is 0.255 e. The van der Waals surface area contributed by atoms with Crippen molar-refractivity contribution >= 4 is 5.91 Å². The van der Waals surface area contributed by atoms with E-state index in [1.807, 2.05) is 19.9 Å². The lowest BCUT2D eigenvalue weighted by molar-refractivity contribution is -0.124. The van der Waals surface area contributed by atoms with Gasteiger partial charge in [-0.25, -0.2) is 0 Å². The molecule has 1 amide bonds. The van der Waals surface area contributed by atoms with E-state index in [4.69, 9.17) is 5.26 Å². The summed E-state index contributed by atoms with van der Waals surface area (Å²) in [6.07, 6.45) is 1.60. The number of amides is 1. The first-order chi connectivity index (χ1) is 7.11. The van der Waals surface area contributed by atoms with Crippen molar-refractivity contribution in [2.45, 2.75) is 13.8 Å². The number of hydrogen-bond acceptors (Lipinski definition) is 2. The van der Waals surface area contributed by atoms with Crippen LogP contribution in [0.5, 0.6) is 0 Å². The Morgan fingerprint density at radius 3 is 2.53 bits per heavy atom. The molecule has 3 nitrogen and oxygen atoms in total. The van der Waals surface area contributed by atoms with Crippen molar-refractivity contribution in [3.05, 3.63) is 36.0 Å². The van der Waals surface area contributed by atoms with Gasteiger partial charge in [0.1, 0.15) is 0 Å². The predicted octanol–water partition coefficient (Wildman–Crippen LogP) is 2.05. The molecule has 0 radical (unpaired) electrons. The van der Waals surface area contributed by atoms with Crippen molar-refractivity contribution in [1.82, 2.24) is 4.90 Å². The van der Waals surface area contributed by atoms with E-state index in [0.717, 1.165) is 5.57 Å². The van der Waals surface area contributed by atoms with Gasteiger partial charge in [0.15, 0.2) is 0 Å². The number of likely N-dealkylation sites (N-methyl/N-ethyl adjacent to an activating group) is 1. The van der Waals surface area contributed by atoms with Gasteiger partial charge in [0.05, 0.1) is 17.2 Å². The molecule has 15 heavy (non-hydrogen) atoms. The fraction of sp³-hybridized carbons (Fsp3) is 0.333. The van der Waals surface area contributed by atoms with Crippen LogP contribution < -0.4 is 0 Å². The van der Waals surface area contributed by atoms with Gasteiger partial charge >= 0.3 is 0 Å². The molecular weight excluding hydrogens is 188 g/mol. The maximum atomic E-state index is 11.5. The molecule has 1 aliphatic heterocycles. The van der Waals surface area contributed by atoms with Gasteiger partial charge in [-0.2, -0.15) is 5.26 Å². The van der Waals surface area contributed by atoms with Crippen LogP contribution in [0.15, 0.2) is 36.0 Å². The van der Waals surface area contributed by atoms with Gasteiger partial charge in [0.2, 0.25) is 0 Å². The molecule has 1 aliphatic rings.